The Kier molecular flexibility index (Phi) is 6.00. The molecule has 2 rings (SSSR count). The number of nitrogens with one attached hydrogen (secondary N) is 1. The molecule has 3 atom stereocenters. The maximum absolute atomic E-state index is 5.78. The SMILES string of the molecule is CCCn1ncnc1CC(NN)C1SCCSC1C. The minimum absolute atomic E-state index is 0.257. The molecule has 1 aliphatic rings. The van der Waals surface area contributed by atoms with Gasteiger partial charge in [-0.15, -0.1) is 0 Å². The van der Waals surface area contributed by atoms with Gasteiger partial charge in [0.1, 0.15) is 12.2 Å². The topological polar surface area (TPSA) is 68.8 Å². The van der Waals surface area contributed by atoms with Gasteiger partial charge >= 0.3 is 0 Å². The maximum Gasteiger partial charge on any atom is 0.138 e. The molecule has 3 N–H and O–H groups in total. The zero-order chi connectivity index (χ0) is 13.7. The molecule has 0 bridgehead atoms. The van der Waals surface area contributed by atoms with Crippen molar-refractivity contribution in [2.45, 2.75) is 49.8 Å². The lowest BCUT2D eigenvalue weighted by Crippen LogP contribution is -2.49. The Balaban J connectivity index is 2.03. The van der Waals surface area contributed by atoms with Gasteiger partial charge in [-0.05, 0) is 6.42 Å². The number of rotatable bonds is 6. The molecule has 0 aliphatic carbocycles. The molecule has 0 aromatic carbocycles. The van der Waals surface area contributed by atoms with Crippen molar-refractivity contribution < 1.29 is 0 Å². The summed E-state index contributed by atoms with van der Waals surface area (Å²) in [5.41, 5.74) is 2.99. The first-order valence-corrected chi connectivity index (χ1v) is 8.92. The summed E-state index contributed by atoms with van der Waals surface area (Å²) in [4.78, 5) is 4.38. The van der Waals surface area contributed by atoms with E-state index in [4.69, 9.17) is 5.84 Å². The Morgan fingerprint density at radius 1 is 1.53 bits per heavy atom. The molecular weight excluding hydrogens is 278 g/mol. The lowest BCUT2D eigenvalue weighted by atomic mass is 10.1. The molecule has 19 heavy (non-hydrogen) atoms. The van der Waals surface area contributed by atoms with E-state index in [2.05, 4.69) is 29.4 Å². The summed E-state index contributed by atoms with van der Waals surface area (Å²) >= 11 is 4.06. The van der Waals surface area contributed by atoms with Gasteiger partial charge in [-0.25, -0.2) is 4.98 Å². The van der Waals surface area contributed by atoms with E-state index in [0.29, 0.717) is 10.5 Å². The first-order chi connectivity index (χ1) is 9.26. The van der Waals surface area contributed by atoms with Gasteiger partial charge in [0.25, 0.3) is 0 Å². The van der Waals surface area contributed by atoms with Crippen LogP contribution in [0, 0.1) is 0 Å². The van der Waals surface area contributed by atoms with E-state index >= 15 is 0 Å². The second-order valence-corrected chi connectivity index (χ2v) is 7.56. The van der Waals surface area contributed by atoms with E-state index in [0.717, 1.165) is 25.2 Å². The van der Waals surface area contributed by atoms with Gasteiger partial charge in [-0.1, -0.05) is 13.8 Å². The van der Waals surface area contributed by atoms with Crippen molar-refractivity contribution in [1.29, 1.82) is 0 Å². The number of thioether (sulfide) groups is 2. The average molecular weight is 301 g/mol. The number of aryl methyl sites for hydroxylation is 1. The largest absolute Gasteiger partial charge is 0.271 e. The van der Waals surface area contributed by atoms with Gasteiger partial charge in [-0.3, -0.25) is 16.0 Å². The average Bonchev–Trinajstić information content (AvgIpc) is 2.85. The Morgan fingerprint density at radius 2 is 2.32 bits per heavy atom. The summed E-state index contributed by atoms with van der Waals surface area (Å²) < 4.78 is 2.00. The lowest BCUT2D eigenvalue weighted by Gasteiger charge is -2.33. The van der Waals surface area contributed by atoms with Crippen LogP contribution in [0.5, 0.6) is 0 Å². The van der Waals surface area contributed by atoms with Crippen LogP contribution in [0.1, 0.15) is 26.1 Å². The van der Waals surface area contributed by atoms with Gasteiger partial charge in [-0.2, -0.15) is 28.6 Å². The van der Waals surface area contributed by atoms with Crippen LogP contribution in [0.15, 0.2) is 6.33 Å². The standard InChI is InChI=1S/C12H23N5S2/c1-3-4-17-11(14-8-15-17)7-10(16-13)12-9(2)18-5-6-19-12/h8-10,12,16H,3-7,13H2,1-2H3. The fraction of sp³-hybridized carbons (Fsp3) is 0.833. The predicted octanol–water partition coefficient (Wildman–Crippen LogP) is 1.30. The Bertz CT molecular complexity index is 384. The van der Waals surface area contributed by atoms with E-state index < -0.39 is 0 Å². The van der Waals surface area contributed by atoms with Crippen molar-refractivity contribution in [2.24, 2.45) is 5.84 Å². The highest BCUT2D eigenvalue weighted by atomic mass is 32.2. The van der Waals surface area contributed by atoms with Crippen LogP contribution in [0.3, 0.4) is 0 Å². The van der Waals surface area contributed by atoms with Crippen LogP contribution in [-0.4, -0.2) is 42.8 Å². The minimum atomic E-state index is 0.257. The van der Waals surface area contributed by atoms with Crippen LogP contribution in [-0.2, 0) is 13.0 Å². The van der Waals surface area contributed by atoms with Gasteiger partial charge in [0.05, 0.1) is 0 Å². The highest BCUT2D eigenvalue weighted by Gasteiger charge is 2.30. The quantitative estimate of drug-likeness (QED) is 0.610. The Hall–Kier alpha value is -0.240. The summed E-state index contributed by atoms with van der Waals surface area (Å²) in [7, 11) is 0. The van der Waals surface area contributed by atoms with Crippen LogP contribution < -0.4 is 11.3 Å². The van der Waals surface area contributed by atoms with Crippen LogP contribution in [0.25, 0.3) is 0 Å². The van der Waals surface area contributed by atoms with E-state index in [1.165, 1.54) is 11.5 Å². The van der Waals surface area contributed by atoms with E-state index in [-0.39, 0.29) is 6.04 Å². The molecule has 1 aromatic heterocycles. The monoisotopic (exact) mass is 301 g/mol. The fourth-order valence-corrected chi connectivity index (χ4v) is 5.35. The Morgan fingerprint density at radius 3 is 3.00 bits per heavy atom. The molecule has 0 amide bonds. The maximum atomic E-state index is 5.78. The van der Waals surface area contributed by atoms with Crippen LogP contribution >= 0.6 is 23.5 Å². The van der Waals surface area contributed by atoms with E-state index in [1.807, 2.05) is 28.2 Å². The van der Waals surface area contributed by atoms with Crippen molar-refractivity contribution in [1.82, 2.24) is 20.2 Å². The number of hydrazine groups is 1. The Labute approximate surface area is 123 Å². The fourth-order valence-electron chi connectivity index (χ4n) is 2.40. The van der Waals surface area contributed by atoms with Gasteiger partial charge < -0.3 is 0 Å². The van der Waals surface area contributed by atoms with Crippen molar-refractivity contribution >= 4 is 23.5 Å². The van der Waals surface area contributed by atoms with Gasteiger partial charge in [0, 0.05) is 41.0 Å². The summed E-state index contributed by atoms with van der Waals surface area (Å²) in [6, 6.07) is 0.257. The third-order valence-electron chi connectivity index (χ3n) is 3.38. The third kappa shape index (κ3) is 3.87. The molecule has 7 heteroatoms. The molecule has 5 nitrogen and oxygen atoms in total. The summed E-state index contributed by atoms with van der Waals surface area (Å²) in [5.74, 6) is 9.26. The normalized spacial score (nSPS) is 25.4. The van der Waals surface area contributed by atoms with Crippen molar-refractivity contribution in [3.8, 4) is 0 Å². The first kappa shape index (κ1) is 15.2. The molecule has 1 saturated heterocycles. The number of aromatic nitrogens is 3. The molecule has 0 radical (unpaired) electrons. The molecule has 0 saturated carbocycles. The number of hydrogen-bond acceptors (Lipinski definition) is 6. The summed E-state index contributed by atoms with van der Waals surface area (Å²) in [6.45, 7) is 5.37. The minimum Gasteiger partial charge on any atom is -0.271 e. The molecular formula is C12H23N5S2. The van der Waals surface area contributed by atoms with Crippen molar-refractivity contribution in [2.75, 3.05) is 11.5 Å². The van der Waals surface area contributed by atoms with Crippen molar-refractivity contribution in [3.05, 3.63) is 12.2 Å². The third-order valence-corrected chi connectivity index (χ3v) is 6.63. The molecule has 1 aliphatic heterocycles. The number of nitrogens with zero attached hydrogens (tertiary/aromatic N) is 3. The van der Waals surface area contributed by atoms with E-state index in [9.17, 15) is 0 Å². The second-order valence-electron chi connectivity index (χ2n) is 4.79. The number of hydrogen-bond donors (Lipinski definition) is 2. The predicted molar refractivity (Wildman–Crippen MR) is 83.3 cm³/mol. The van der Waals surface area contributed by atoms with Crippen molar-refractivity contribution in [3.63, 3.8) is 0 Å². The molecule has 2 heterocycles. The smallest absolute Gasteiger partial charge is 0.138 e. The zero-order valence-corrected chi connectivity index (χ0v) is 13.2. The van der Waals surface area contributed by atoms with E-state index in [1.54, 1.807) is 6.33 Å². The molecule has 108 valence electrons. The van der Waals surface area contributed by atoms with Crippen LogP contribution in [0.2, 0.25) is 0 Å². The molecule has 0 spiro atoms. The number of nitrogens with two attached hydrogens (primary N) is 1. The van der Waals surface area contributed by atoms with Gasteiger partial charge in [0.15, 0.2) is 0 Å². The molecule has 3 unspecified atom stereocenters. The summed E-state index contributed by atoms with van der Waals surface area (Å²) in [6.07, 6.45) is 3.56. The second kappa shape index (κ2) is 7.52. The summed E-state index contributed by atoms with van der Waals surface area (Å²) in [5, 5.41) is 5.45. The molecule has 1 fully saturated rings. The van der Waals surface area contributed by atoms with Gasteiger partial charge in [0.2, 0.25) is 0 Å². The highest BCUT2D eigenvalue weighted by molar-refractivity contribution is 8.07. The zero-order valence-electron chi connectivity index (χ0n) is 11.6. The first-order valence-electron chi connectivity index (χ1n) is 6.82. The highest BCUT2D eigenvalue weighted by Crippen LogP contribution is 2.33. The lowest BCUT2D eigenvalue weighted by molar-refractivity contribution is 0.468. The molecule has 1 aromatic rings. The van der Waals surface area contributed by atoms with Crippen LogP contribution in [0.4, 0.5) is 0 Å².